The molecule has 0 fully saturated rings. The highest BCUT2D eigenvalue weighted by molar-refractivity contribution is 6.32. The summed E-state index contributed by atoms with van der Waals surface area (Å²) >= 11 is 0. The lowest BCUT2D eigenvalue weighted by Crippen LogP contribution is -2.36. The van der Waals surface area contributed by atoms with Crippen molar-refractivity contribution in [3.63, 3.8) is 0 Å². The summed E-state index contributed by atoms with van der Waals surface area (Å²) in [5.74, 6) is 1.04. The first-order chi connectivity index (χ1) is 15.4. The maximum Gasteiger partial charge on any atom is 0.258 e. The van der Waals surface area contributed by atoms with E-state index >= 15 is 0 Å². The van der Waals surface area contributed by atoms with E-state index in [0.717, 1.165) is 53.9 Å². The second-order valence-electron chi connectivity index (χ2n) is 8.27. The fraction of sp³-hybridized carbons (Fsp3) is 0.423. The molecule has 0 bridgehead atoms. The molecule has 1 amide bonds. The quantitative estimate of drug-likeness (QED) is 0.419. The van der Waals surface area contributed by atoms with Crippen LogP contribution in [0.15, 0.2) is 42.1 Å². The number of methoxy groups -OCH3 is 2. The number of hydrogen-bond acceptors (Lipinski definition) is 5. The number of benzene rings is 2. The predicted octanol–water partition coefficient (Wildman–Crippen LogP) is 5.64. The van der Waals surface area contributed by atoms with Crippen LogP contribution in [0.3, 0.4) is 0 Å². The Balaban J connectivity index is 1.94. The number of fused-ring (bicyclic) bond motifs is 1. The van der Waals surface area contributed by atoms with Crippen LogP contribution in [0.5, 0.6) is 11.5 Å². The molecule has 1 aliphatic rings. The fourth-order valence-corrected chi connectivity index (χ4v) is 4.49. The van der Waals surface area contributed by atoms with Gasteiger partial charge < -0.3 is 25.8 Å². The Morgan fingerprint density at radius 2 is 1.59 bits per heavy atom. The minimum atomic E-state index is -0.298. The summed E-state index contributed by atoms with van der Waals surface area (Å²) in [5, 5.41) is 6.40. The van der Waals surface area contributed by atoms with Crippen LogP contribution in [-0.2, 0) is 10.3 Å². The standard InChI is InChI=1S/C26H35N3O3/c1-6-13-26(27,14-7-2)17-9-11-18(12-10-17)28-20(8-3)24-19-15-22(31-4)23(32-5)16-21(19)29-25(24)30/h9-12,15-16,28H,6-8,13-14,27H2,1-5H3,(H,29,30)/b24-20-. The molecule has 1 aliphatic heterocycles. The minimum absolute atomic E-state index is 0.136. The van der Waals surface area contributed by atoms with Gasteiger partial charge in [0.15, 0.2) is 11.5 Å². The molecule has 32 heavy (non-hydrogen) atoms. The van der Waals surface area contributed by atoms with Gasteiger partial charge in [-0.25, -0.2) is 0 Å². The van der Waals surface area contributed by atoms with Gasteiger partial charge in [0.25, 0.3) is 5.91 Å². The maximum absolute atomic E-state index is 12.8. The van der Waals surface area contributed by atoms with E-state index in [2.05, 4.69) is 36.6 Å². The molecule has 4 N–H and O–H groups in total. The number of anilines is 2. The smallest absolute Gasteiger partial charge is 0.258 e. The van der Waals surface area contributed by atoms with E-state index < -0.39 is 0 Å². The first-order valence-electron chi connectivity index (χ1n) is 11.4. The third-order valence-electron chi connectivity index (χ3n) is 6.07. The normalized spacial score (nSPS) is 14.6. The highest BCUT2D eigenvalue weighted by Crippen LogP contribution is 2.42. The second kappa shape index (κ2) is 10.1. The first kappa shape index (κ1) is 23.7. The largest absolute Gasteiger partial charge is 0.493 e. The Labute approximate surface area is 191 Å². The molecule has 0 saturated heterocycles. The molecule has 0 unspecified atom stereocenters. The lowest BCUT2D eigenvalue weighted by molar-refractivity contribution is -0.110. The Kier molecular flexibility index (Phi) is 7.46. The highest BCUT2D eigenvalue weighted by atomic mass is 16.5. The lowest BCUT2D eigenvalue weighted by atomic mass is 9.83. The Morgan fingerprint density at radius 3 is 2.12 bits per heavy atom. The van der Waals surface area contributed by atoms with Crippen LogP contribution >= 0.6 is 0 Å². The minimum Gasteiger partial charge on any atom is -0.493 e. The van der Waals surface area contributed by atoms with Gasteiger partial charge in [0.2, 0.25) is 0 Å². The van der Waals surface area contributed by atoms with Crippen LogP contribution in [0.2, 0.25) is 0 Å². The maximum atomic E-state index is 12.8. The monoisotopic (exact) mass is 437 g/mol. The molecular formula is C26H35N3O3. The number of rotatable bonds is 10. The van der Waals surface area contributed by atoms with E-state index in [1.54, 1.807) is 20.3 Å². The van der Waals surface area contributed by atoms with Crippen molar-refractivity contribution in [3.8, 4) is 11.5 Å². The van der Waals surface area contributed by atoms with E-state index in [9.17, 15) is 4.79 Å². The van der Waals surface area contributed by atoms with Crippen LogP contribution in [0, 0.1) is 0 Å². The van der Waals surface area contributed by atoms with Crippen LogP contribution < -0.4 is 25.8 Å². The Morgan fingerprint density at radius 1 is 1.00 bits per heavy atom. The molecule has 172 valence electrons. The van der Waals surface area contributed by atoms with E-state index in [-0.39, 0.29) is 11.4 Å². The molecule has 0 atom stereocenters. The number of carbonyl (C=O) groups is 1. The van der Waals surface area contributed by atoms with Gasteiger partial charge in [-0.3, -0.25) is 4.79 Å². The number of hydrogen-bond donors (Lipinski definition) is 3. The van der Waals surface area contributed by atoms with Crippen molar-refractivity contribution >= 4 is 22.9 Å². The summed E-state index contributed by atoms with van der Waals surface area (Å²) in [5.41, 5.74) is 11.5. The summed E-state index contributed by atoms with van der Waals surface area (Å²) in [4.78, 5) is 12.8. The number of nitrogens with two attached hydrogens (primary N) is 1. The van der Waals surface area contributed by atoms with Gasteiger partial charge in [-0.2, -0.15) is 0 Å². The molecule has 3 rings (SSSR count). The number of nitrogens with one attached hydrogen (secondary N) is 2. The van der Waals surface area contributed by atoms with Crippen LogP contribution in [0.1, 0.15) is 64.0 Å². The number of ether oxygens (including phenoxy) is 2. The average Bonchev–Trinajstić information content (AvgIpc) is 3.11. The van der Waals surface area contributed by atoms with Gasteiger partial charge in [0.05, 0.1) is 25.5 Å². The Hall–Kier alpha value is -2.99. The summed E-state index contributed by atoms with van der Waals surface area (Å²) in [6.45, 7) is 6.37. The van der Waals surface area contributed by atoms with Crippen molar-refractivity contribution in [1.82, 2.24) is 0 Å². The van der Waals surface area contributed by atoms with Crippen LogP contribution in [0.25, 0.3) is 5.57 Å². The average molecular weight is 438 g/mol. The molecule has 2 aromatic rings. The second-order valence-corrected chi connectivity index (χ2v) is 8.27. The molecule has 2 aromatic carbocycles. The third-order valence-corrected chi connectivity index (χ3v) is 6.07. The van der Waals surface area contributed by atoms with Gasteiger partial charge in [0.1, 0.15) is 0 Å². The van der Waals surface area contributed by atoms with Crippen molar-refractivity contribution < 1.29 is 14.3 Å². The van der Waals surface area contributed by atoms with Crippen molar-refractivity contribution in [2.45, 2.75) is 58.4 Å². The molecule has 6 heteroatoms. The van der Waals surface area contributed by atoms with E-state index in [4.69, 9.17) is 15.2 Å². The number of amides is 1. The molecular weight excluding hydrogens is 402 g/mol. The van der Waals surface area contributed by atoms with Gasteiger partial charge in [-0.1, -0.05) is 45.7 Å². The highest BCUT2D eigenvalue weighted by Gasteiger charge is 2.29. The summed E-state index contributed by atoms with van der Waals surface area (Å²) in [6.07, 6.45) is 4.68. The van der Waals surface area contributed by atoms with Crippen molar-refractivity contribution in [2.24, 2.45) is 5.73 Å². The zero-order chi connectivity index (χ0) is 23.3. The zero-order valence-corrected chi connectivity index (χ0v) is 19.8. The molecule has 6 nitrogen and oxygen atoms in total. The van der Waals surface area contributed by atoms with Crippen LogP contribution in [-0.4, -0.2) is 20.1 Å². The van der Waals surface area contributed by atoms with Gasteiger partial charge in [0, 0.05) is 28.6 Å². The zero-order valence-electron chi connectivity index (χ0n) is 19.8. The van der Waals surface area contributed by atoms with Gasteiger partial charge in [-0.05, 0) is 43.0 Å². The summed E-state index contributed by atoms with van der Waals surface area (Å²) in [6, 6.07) is 11.9. The SMILES string of the molecule is CCCC(N)(CCC)c1ccc(N/C(CC)=C2\C(=O)Nc3cc(OC)c(OC)cc32)cc1. The number of allylic oxidation sites excluding steroid dienone is 1. The fourth-order valence-electron chi connectivity index (χ4n) is 4.49. The molecule has 1 heterocycles. The molecule has 0 saturated carbocycles. The molecule has 0 aliphatic carbocycles. The third kappa shape index (κ3) is 4.60. The molecule has 0 radical (unpaired) electrons. The topological polar surface area (TPSA) is 85.6 Å². The van der Waals surface area contributed by atoms with Crippen molar-refractivity contribution in [3.05, 3.63) is 53.2 Å². The Bertz CT molecular complexity index is 990. The lowest BCUT2D eigenvalue weighted by Gasteiger charge is -2.30. The molecule has 0 aromatic heterocycles. The van der Waals surface area contributed by atoms with Crippen molar-refractivity contribution in [2.75, 3.05) is 24.9 Å². The van der Waals surface area contributed by atoms with Crippen LogP contribution in [0.4, 0.5) is 11.4 Å². The summed E-state index contributed by atoms with van der Waals surface area (Å²) in [7, 11) is 3.17. The number of carbonyl (C=O) groups excluding carboxylic acids is 1. The molecule has 0 spiro atoms. The van der Waals surface area contributed by atoms with E-state index in [0.29, 0.717) is 23.5 Å². The summed E-state index contributed by atoms with van der Waals surface area (Å²) < 4.78 is 10.8. The van der Waals surface area contributed by atoms with E-state index in [1.807, 2.05) is 25.1 Å². The van der Waals surface area contributed by atoms with Gasteiger partial charge >= 0.3 is 0 Å². The van der Waals surface area contributed by atoms with Crippen molar-refractivity contribution in [1.29, 1.82) is 0 Å². The van der Waals surface area contributed by atoms with Gasteiger partial charge in [-0.15, -0.1) is 0 Å². The first-order valence-corrected chi connectivity index (χ1v) is 11.4. The predicted molar refractivity (Wildman–Crippen MR) is 131 cm³/mol. The van der Waals surface area contributed by atoms with E-state index in [1.165, 1.54) is 0 Å².